The van der Waals surface area contributed by atoms with Gasteiger partial charge < -0.3 is 10.6 Å². The van der Waals surface area contributed by atoms with Crippen LogP contribution in [0.4, 0.5) is 0 Å². The zero-order valence-electron chi connectivity index (χ0n) is 15.4. The van der Waals surface area contributed by atoms with Crippen molar-refractivity contribution in [2.24, 2.45) is 11.7 Å². The van der Waals surface area contributed by atoms with E-state index in [0.717, 1.165) is 40.7 Å². The Morgan fingerprint density at radius 3 is 2.68 bits per heavy atom. The number of carbonyl (C=O) groups excluding carboxylic acids is 1. The van der Waals surface area contributed by atoms with Crippen LogP contribution in [-0.4, -0.2) is 34.9 Å². The monoisotopic (exact) mass is 337 g/mol. The number of amides is 1. The minimum atomic E-state index is 0.141. The summed E-state index contributed by atoms with van der Waals surface area (Å²) in [6, 6.07) is 6.58. The van der Waals surface area contributed by atoms with Crippen LogP contribution < -0.4 is 5.73 Å². The molecule has 4 rings (SSSR count). The molecular formula is C21H27N3O. The largest absolute Gasteiger partial charge is 0.336 e. The van der Waals surface area contributed by atoms with Gasteiger partial charge in [-0.3, -0.25) is 9.78 Å². The van der Waals surface area contributed by atoms with E-state index in [4.69, 9.17) is 10.7 Å². The number of hydrogen-bond donors (Lipinski definition) is 1. The van der Waals surface area contributed by atoms with E-state index in [-0.39, 0.29) is 11.9 Å². The highest BCUT2D eigenvalue weighted by Gasteiger charge is 2.34. The Bertz CT molecular complexity index is 841. The van der Waals surface area contributed by atoms with E-state index < -0.39 is 0 Å². The van der Waals surface area contributed by atoms with E-state index in [2.05, 4.69) is 39.0 Å². The van der Waals surface area contributed by atoms with Crippen LogP contribution in [0, 0.1) is 19.8 Å². The predicted octanol–water partition coefficient (Wildman–Crippen LogP) is 3.54. The fourth-order valence-corrected chi connectivity index (χ4v) is 4.22. The molecule has 1 aromatic carbocycles. The number of hydrogen-bond acceptors (Lipinski definition) is 3. The third-order valence-electron chi connectivity index (χ3n) is 5.75. The lowest BCUT2D eigenvalue weighted by molar-refractivity contribution is 0.0745. The fraction of sp³-hybridized carbons (Fsp3) is 0.524. The van der Waals surface area contributed by atoms with Crippen molar-refractivity contribution in [3.8, 4) is 0 Å². The van der Waals surface area contributed by atoms with Gasteiger partial charge in [0.15, 0.2) is 0 Å². The quantitative estimate of drug-likeness (QED) is 0.932. The summed E-state index contributed by atoms with van der Waals surface area (Å²) < 4.78 is 0. The number of rotatable bonds is 3. The molecule has 2 aromatic rings. The molecule has 4 nitrogen and oxygen atoms in total. The Morgan fingerprint density at radius 2 is 2.04 bits per heavy atom. The smallest absolute Gasteiger partial charge is 0.254 e. The second-order valence-corrected chi connectivity index (χ2v) is 7.99. The van der Waals surface area contributed by atoms with Gasteiger partial charge >= 0.3 is 0 Å². The Balaban J connectivity index is 1.83. The third-order valence-corrected chi connectivity index (χ3v) is 5.75. The lowest BCUT2D eigenvalue weighted by atomic mass is 9.99. The molecule has 132 valence electrons. The van der Waals surface area contributed by atoms with Crippen molar-refractivity contribution in [1.82, 2.24) is 9.88 Å². The molecule has 2 aliphatic rings. The van der Waals surface area contributed by atoms with Gasteiger partial charge in [-0.05, 0) is 70.2 Å². The average molecular weight is 337 g/mol. The second-order valence-electron chi connectivity index (χ2n) is 7.99. The standard InChI is InChI=1S/C21H27N3O/c1-12-6-13(2)20-17(7-12)18(9-19(23-20)16-4-5-16)21(25)24-11-15(10-22)8-14(24)3/h6-7,9,14-16H,4-5,8,10-11,22H2,1-3H3. The van der Waals surface area contributed by atoms with E-state index in [1.807, 2.05) is 4.90 Å². The number of likely N-dealkylation sites (tertiary alicyclic amines) is 1. The summed E-state index contributed by atoms with van der Waals surface area (Å²) in [5.74, 6) is 1.09. The summed E-state index contributed by atoms with van der Waals surface area (Å²) in [4.78, 5) is 20.3. The Kier molecular flexibility index (Phi) is 4.03. The second kappa shape index (κ2) is 6.10. The average Bonchev–Trinajstić information content (AvgIpc) is 3.36. The Labute approximate surface area is 149 Å². The van der Waals surface area contributed by atoms with E-state index in [1.165, 1.54) is 18.4 Å². The van der Waals surface area contributed by atoms with Gasteiger partial charge in [0.2, 0.25) is 0 Å². The Hall–Kier alpha value is -1.94. The summed E-state index contributed by atoms with van der Waals surface area (Å²) in [5.41, 5.74) is 11.1. The highest BCUT2D eigenvalue weighted by Crippen LogP contribution is 2.41. The van der Waals surface area contributed by atoms with Gasteiger partial charge in [0.05, 0.1) is 11.1 Å². The normalized spacial score (nSPS) is 23.4. The summed E-state index contributed by atoms with van der Waals surface area (Å²) in [7, 11) is 0. The topological polar surface area (TPSA) is 59.2 Å². The maximum absolute atomic E-state index is 13.4. The molecule has 2 unspecified atom stereocenters. The van der Waals surface area contributed by atoms with Gasteiger partial charge in [0.25, 0.3) is 5.91 Å². The number of benzene rings is 1. The van der Waals surface area contributed by atoms with Gasteiger partial charge in [0.1, 0.15) is 0 Å². The zero-order valence-corrected chi connectivity index (χ0v) is 15.4. The van der Waals surface area contributed by atoms with Crippen molar-refractivity contribution in [3.05, 3.63) is 40.6 Å². The summed E-state index contributed by atoms with van der Waals surface area (Å²) in [6.07, 6.45) is 3.37. The molecule has 2 atom stereocenters. The lowest BCUT2D eigenvalue weighted by Crippen LogP contribution is -2.34. The van der Waals surface area contributed by atoms with Crippen LogP contribution in [0.5, 0.6) is 0 Å². The van der Waals surface area contributed by atoms with Crippen molar-refractivity contribution >= 4 is 16.8 Å². The molecule has 1 aliphatic carbocycles. The van der Waals surface area contributed by atoms with Gasteiger partial charge in [-0.2, -0.15) is 0 Å². The first kappa shape index (κ1) is 16.5. The number of pyridine rings is 1. The lowest BCUT2D eigenvalue weighted by Gasteiger charge is -2.23. The SMILES string of the molecule is Cc1cc(C)c2nc(C3CC3)cc(C(=O)N3CC(CN)CC3C)c2c1. The van der Waals surface area contributed by atoms with Crippen LogP contribution in [0.3, 0.4) is 0 Å². The van der Waals surface area contributed by atoms with E-state index in [1.54, 1.807) is 0 Å². The van der Waals surface area contributed by atoms with Crippen molar-refractivity contribution < 1.29 is 4.79 Å². The molecule has 0 radical (unpaired) electrons. The first-order valence-corrected chi connectivity index (χ1v) is 9.41. The first-order valence-electron chi connectivity index (χ1n) is 9.41. The minimum absolute atomic E-state index is 0.141. The number of nitrogens with zero attached hydrogens (tertiary/aromatic N) is 2. The van der Waals surface area contributed by atoms with E-state index in [0.29, 0.717) is 18.4 Å². The van der Waals surface area contributed by atoms with Crippen LogP contribution in [0.25, 0.3) is 10.9 Å². The van der Waals surface area contributed by atoms with E-state index in [9.17, 15) is 4.79 Å². The van der Waals surface area contributed by atoms with E-state index >= 15 is 0 Å². The molecule has 25 heavy (non-hydrogen) atoms. The number of aryl methyl sites for hydroxylation is 2. The molecule has 0 bridgehead atoms. The maximum Gasteiger partial charge on any atom is 0.254 e. The molecule has 1 aromatic heterocycles. The van der Waals surface area contributed by atoms with Crippen LogP contribution in [0.15, 0.2) is 18.2 Å². The molecule has 4 heteroatoms. The predicted molar refractivity (Wildman–Crippen MR) is 101 cm³/mol. The van der Waals surface area contributed by atoms with Gasteiger partial charge in [0, 0.05) is 29.6 Å². The Morgan fingerprint density at radius 1 is 1.28 bits per heavy atom. The summed E-state index contributed by atoms with van der Waals surface area (Å²) in [5, 5.41) is 0.996. The number of nitrogens with two attached hydrogens (primary N) is 1. The van der Waals surface area contributed by atoms with Crippen LogP contribution >= 0.6 is 0 Å². The van der Waals surface area contributed by atoms with Gasteiger partial charge in [-0.25, -0.2) is 0 Å². The first-order chi connectivity index (χ1) is 12.0. The molecule has 1 saturated carbocycles. The minimum Gasteiger partial charge on any atom is -0.336 e. The van der Waals surface area contributed by atoms with Crippen molar-refractivity contribution in [2.45, 2.75) is 52.0 Å². The van der Waals surface area contributed by atoms with Gasteiger partial charge in [-0.15, -0.1) is 0 Å². The van der Waals surface area contributed by atoms with Gasteiger partial charge in [-0.1, -0.05) is 11.6 Å². The highest BCUT2D eigenvalue weighted by atomic mass is 16.2. The number of fused-ring (bicyclic) bond motifs is 1. The van der Waals surface area contributed by atoms with Crippen LogP contribution in [-0.2, 0) is 0 Å². The number of aromatic nitrogens is 1. The molecule has 0 spiro atoms. The summed E-state index contributed by atoms with van der Waals surface area (Å²) in [6.45, 7) is 7.73. The molecule has 1 saturated heterocycles. The molecule has 2 heterocycles. The maximum atomic E-state index is 13.4. The molecule has 1 amide bonds. The van der Waals surface area contributed by atoms with Crippen molar-refractivity contribution in [3.63, 3.8) is 0 Å². The fourth-order valence-electron chi connectivity index (χ4n) is 4.22. The molecule has 2 fully saturated rings. The van der Waals surface area contributed by atoms with Crippen molar-refractivity contribution in [2.75, 3.05) is 13.1 Å². The van der Waals surface area contributed by atoms with Crippen molar-refractivity contribution in [1.29, 1.82) is 0 Å². The molecule has 1 aliphatic heterocycles. The number of carbonyl (C=O) groups is 1. The zero-order chi connectivity index (χ0) is 17.7. The summed E-state index contributed by atoms with van der Waals surface area (Å²) >= 11 is 0. The molecule has 2 N–H and O–H groups in total. The molecular weight excluding hydrogens is 310 g/mol. The third kappa shape index (κ3) is 2.93. The van der Waals surface area contributed by atoms with Crippen LogP contribution in [0.2, 0.25) is 0 Å². The van der Waals surface area contributed by atoms with Crippen LogP contribution in [0.1, 0.15) is 59.3 Å². The highest BCUT2D eigenvalue weighted by molar-refractivity contribution is 6.07.